The van der Waals surface area contributed by atoms with Crippen LogP contribution in [0, 0.1) is 0 Å². The van der Waals surface area contributed by atoms with E-state index in [2.05, 4.69) is 252 Å². The number of furan rings is 1. The Kier molecular flexibility index (Phi) is 9.89. The second kappa shape index (κ2) is 16.7. The predicted octanol–water partition coefficient (Wildman–Crippen LogP) is 18.6. The van der Waals surface area contributed by atoms with E-state index < -0.39 is 10.0 Å². The van der Waals surface area contributed by atoms with Gasteiger partial charge in [0.05, 0.1) is 22.1 Å². The van der Waals surface area contributed by atoms with Crippen LogP contribution >= 0.6 is 10.0 Å². The van der Waals surface area contributed by atoms with Crippen LogP contribution in [-0.2, 0) is 0 Å². The third kappa shape index (κ3) is 6.45. The molecule has 3 nitrogen and oxygen atoms in total. The van der Waals surface area contributed by atoms with Gasteiger partial charge in [0.25, 0.3) is 0 Å². The zero-order chi connectivity index (χ0) is 46.8. The summed E-state index contributed by atoms with van der Waals surface area (Å²) in [5, 5.41) is 5.89. The molecule has 10 aromatic carbocycles. The molecule has 0 N–H and O–H groups in total. The van der Waals surface area contributed by atoms with E-state index in [1.165, 1.54) is 58.4 Å². The Hall–Kier alpha value is -8.83. The van der Waals surface area contributed by atoms with Crippen LogP contribution in [0.2, 0.25) is 0 Å². The minimum absolute atomic E-state index is 0.761. The first-order valence-corrected chi connectivity index (χ1v) is 25.3. The predicted molar refractivity (Wildman–Crippen MR) is 297 cm³/mol. The van der Waals surface area contributed by atoms with E-state index in [-0.39, 0.29) is 0 Å². The van der Waals surface area contributed by atoms with Crippen molar-refractivity contribution in [2.24, 2.45) is 0 Å². The molecule has 3 heterocycles. The molecule has 0 radical (unpaired) electrons. The average Bonchev–Trinajstić information content (AvgIpc) is 4.09. The van der Waals surface area contributed by atoms with E-state index in [1.807, 2.05) is 18.2 Å². The quantitative estimate of drug-likeness (QED) is 0.134. The summed E-state index contributed by atoms with van der Waals surface area (Å²) >= 11 is 0. The van der Waals surface area contributed by atoms with E-state index in [9.17, 15) is 0 Å². The van der Waals surface area contributed by atoms with Gasteiger partial charge >= 0.3 is 0 Å². The van der Waals surface area contributed by atoms with Gasteiger partial charge in [-0.15, -0.1) is 10.0 Å². The average molecular weight is 915 g/mol. The monoisotopic (exact) mass is 914 g/mol. The second-order valence-electron chi connectivity index (χ2n) is 17.8. The van der Waals surface area contributed by atoms with E-state index in [1.54, 1.807) is 0 Å². The number of benzene rings is 10. The highest BCUT2D eigenvalue weighted by Crippen LogP contribution is 2.76. The molecule has 4 heteroatoms. The van der Waals surface area contributed by atoms with Crippen LogP contribution in [0.4, 0.5) is 0 Å². The minimum Gasteiger partial charge on any atom is -0.455 e. The van der Waals surface area contributed by atoms with Gasteiger partial charge in [-0.3, -0.25) is 0 Å². The molecule has 0 unspecified atom stereocenters. The van der Waals surface area contributed by atoms with E-state index in [0.717, 1.165) is 60.7 Å². The number of nitrogens with zero attached hydrogens (tertiary/aromatic N) is 2. The van der Waals surface area contributed by atoms with E-state index >= 15 is 0 Å². The number of para-hydroxylation sites is 4. The largest absolute Gasteiger partial charge is 0.455 e. The van der Waals surface area contributed by atoms with Crippen molar-refractivity contribution in [3.8, 4) is 33.6 Å². The normalized spacial score (nSPS) is 12.1. The first kappa shape index (κ1) is 41.4. The van der Waals surface area contributed by atoms with E-state index in [4.69, 9.17) is 11.0 Å². The van der Waals surface area contributed by atoms with Crippen molar-refractivity contribution in [3.63, 3.8) is 0 Å². The second-order valence-corrected chi connectivity index (χ2v) is 20.9. The van der Waals surface area contributed by atoms with Crippen molar-refractivity contribution in [2.45, 2.75) is 14.7 Å². The number of rotatable bonds is 10. The minimum atomic E-state index is -2.21. The Balaban J connectivity index is 1.00. The van der Waals surface area contributed by atoms with Gasteiger partial charge in [-0.05, 0) is 131 Å². The molecule has 13 rings (SSSR count). The van der Waals surface area contributed by atoms with Crippen molar-refractivity contribution in [1.29, 1.82) is 0 Å². The first-order chi connectivity index (χ1) is 34.6. The van der Waals surface area contributed by atoms with Crippen molar-refractivity contribution in [2.75, 3.05) is 0 Å². The Morgan fingerprint density at radius 3 is 1.31 bits per heavy atom. The van der Waals surface area contributed by atoms with Gasteiger partial charge in [-0.2, -0.15) is 0 Å². The van der Waals surface area contributed by atoms with Crippen LogP contribution in [0.5, 0.6) is 0 Å². The molecule has 0 aliphatic heterocycles. The lowest BCUT2D eigenvalue weighted by Gasteiger charge is -2.42. The van der Waals surface area contributed by atoms with Crippen LogP contribution in [-0.4, -0.2) is 9.13 Å². The number of hydrogen-bond donors (Lipinski definition) is 0. The molecule has 332 valence electrons. The van der Waals surface area contributed by atoms with Crippen molar-refractivity contribution < 1.29 is 4.42 Å². The zero-order valence-electron chi connectivity index (χ0n) is 38.4. The van der Waals surface area contributed by atoms with Crippen LogP contribution < -0.4 is 0 Å². The van der Waals surface area contributed by atoms with Gasteiger partial charge in [0, 0.05) is 63.5 Å². The summed E-state index contributed by atoms with van der Waals surface area (Å²) in [6.45, 7) is 9.29. The fourth-order valence-electron chi connectivity index (χ4n) is 10.8. The standard InChI is InChI=1S/C66H46N2OS/c1-3-55-57-32-17-19-34-65(57)69-66(55)45(2)70(52-26-12-6-13-27-52,53-28-14-7-15-29-53)54-30-20-21-46(41-54)47-35-39-63-59(43-47)60-44-49(37-40-64(60)68(63)51-24-10-5-11-25-51)48-36-38-62-58(42-48)56-31-16-18-33-61(56)67(62)50-22-8-4-9-23-50/h3-44H,1-2H2. The van der Waals surface area contributed by atoms with Crippen LogP contribution in [0.25, 0.3) is 99.2 Å². The molecule has 0 saturated heterocycles. The highest BCUT2D eigenvalue weighted by molar-refractivity contribution is 8.41. The fourth-order valence-corrected chi connectivity index (χ4v) is 14.6. The highest BCUT2D eigenvalue weighted by atomic mass is 32.3. The molecule has 0 bridgehead atoms. The molecule has 0 amide bonds. The van der Waals surface area contributed by atoms with Crippen molar-refractivity contribution in [3.05, 3.63) is 273 Å². The Bertz CT molecular complexity index is 4100. The third-order valence-corrected chi connectivity index (χ3v) is 17.8. The summed E-state index contributed by atoms with van der Waals surface area (Å²) in [6, 6.07) is 90.0. The summed E-state index contributed by atoms with van der Waals surface area (Å²) in [5.41, 5.74) is 13.4. The molecule has 0 aliphatic carbocycles. The Labute approximate surface area is 408 Å². The smallest absolute Gasteiger partial charge is 0.147 e. The lowest BCUT2D eigenvalue weighted by Crippen LogP contribution is -2.06. The maximum atomic E-state index is 6.81. The summed E-state index contributed by atoms with van der Waals surface area (Å²) in [7, 11) is -2.21. The summed E-state index contributed by atoms with van der Waals surface area (Å²) in [6.07, 6.45) is 1.91. The summed E-state index contributed by atoms with van der Waals surface area (Å²) < 4.78 is 11.6. The van der Waals surface area contributed by atoms with Gasteiger partial charge < -0.3 is 13.6 Å². The van der Waals surface area contributed by atoms with Crippen LogP contribution in [0.1, 0.15) is 11.3 Å². The lowest BCUT2D eigenvalue weighted by molar-refractivity contribution is 0.602. The van der Waals surface area contributed by atoms with Gasteiger partial charge in [-0.1, -0.05) is 159 Å². The molecule has 0 aliphatic rings. The molecular weight excluding hydrogens is 869 g/mol. The zero-order valence-corrected chi connectivity index (χ0v) is 39.2. The molecule has 0 saturated carbocycles. The van der Waals surface area contributed by atoms with Gasteiger partial charge in [0.15, 0.2) is 0 Å². The lowest BCUT2D eigenvalue weighted by atomic mass is 9.99. The molecule has 13 aromatic rings. The summed E-state index contributed by atoms with van der Waals surface area (Å²) in [4.78, 5) is 4.44. The Morgan fingerprint density at radius 1 is 0.371 bits per heavy atom. The molecule has 70 heavy (non-hydrogen) atoms. The van der Waals surface area contributed by atoms with Crippen LogP contribution in [0.15, 0.2) is 281 Å². The van der Waals surface area contributed by atoms with Crippen molar-refractivity contribution >= 4 is 75.6 Å². The van der Waals surface area contributed by atoms with Gasteiger partial charge in [0.2, 0.25) is 0 Å². The van der Waals surface area contributed by atoms with E-state index in [0.29, 0.717) is 0 Å². The molecule has 0 fully saturated rings. The summed E-state index contributed by atoms with van der Waals surface area (Å²) in [5.74, 6) is 0.761. The fraction of sp³-hybridized carbons (Fsp3) is 0. The molecule has 3 aromatic heterocycles. The van der Waals surface area contributed by atoms with Crippen LogP contribution in [0.3, 0.4) is 0 Å². The first-order valence-electron chi connectivity index (χ1n) is 23.7. The van der Waals surface area contributed by atoms with Gasteiger partial charge in [0.1, 0.15) is 11.3 Å². The molecule has 0 spiro atoms. The topological polar surface area (TPSA) is 23.0 Å². The maximum absolute atomic E-state index is 6.81. The van der Waals surface area contributed by atoms with Crippen molar-refractivity contribution in [1.82, 2.24) is 9.13 Å². The molecular formula is C66H46N2OS. The third-order valence-electron chi connectivity index (χ3n) is 14.0. The molecule has 0 atom stereocenters. The number of aromatic nitrogens is 2. The highest BCUT2D eigenvalue weighted by Gasteiger charge is 2.38. The number of fused-ring (bicyclic) bond motifs is 7. The maximum Gasteiger partial charge on any atom is 0.147 e. The SMILES string of the molecule is C=Cc1c(C(=C)S(c2ccccc2)(c2ccccc2)c2cccc(-c3ccc4c(c3)c3cc(-c5ccc6c(c5)c5ccccc5n6-c5ccccc5)ccc3n4-c3ccccc3)c2)oc2ccccc12. The number of hydrogen-bond acceptors (Lipinski definition) is 1. The Morgan fingerprint density at radius 2 is 0.786 bits per heavy atom. The van der Waals surface area contributed by atoms with Gasteiger partial charge in [-0.25, -0.2) is 0 Å².